The van der Waals surface area contributed by atoms with E-state index in [1.165, 1.54) is 16.7 Å². The normalized spacial score (nSPS) is 10.3. The van der Waals surface area contributed by atoms with Gasteiger partial charge in [0.2, 0.25) is 0 Å². The molecule has 1 aromatic carbocycles. The Kier molecular flexibility index (Phi) is 3.17. The van der Waals surface area contributed by atoms with Gasteiger partial charge in [-0.1, -0.05) is 37.3 Å². The molecule has 76 valence electrons. The minimum atomic E-state index is 1.01. The standard InChI is InChI=1S/C13H12BrN/c1-2-11-12(8-15-9-13(11)14)10-6-4-3-5-7-10/h3-9H,2H2,1H3. The van der Waals surface area contributed by atoms with Crippen molar-refractivity contribution in [2.75, 3.05) is 0 Å². The van der Waals surface area contributed by atoms with Crippen LogP contribution in [0.5, 0.6) is 0 Å². The van der Waals surface area contributed by atoms with Crippen molar-refractivity contribution in [1.82, 2.24) is 4.98 Å². The highest BCUT2D eigenvalue weighted by molar-refractivity contribution is 9.10. The summed E-state index contributed by atoms with van der Waals surface area (Å²) in [6.07, 6.45) is 4.79. The minimum Gasteiger partial charge on any atom is -0.263 e. The lowest BCUT2D eigenvalue weighted by Crippen LogP contribution is -1.90. The second kappa shape index (κ2) is 4.58. The van der Waals surface area contributed by atoms with Gasteiger partial charge in [0, 0.05) is 22.4 Å². The van der Waals surface area contributed by atoms with E-state index in [9.17, 15) is 0 Å². The lowest BCUT2D eigenvalue weighted by Gasteiger charge is -2.08. The molecular formula is C13H12BrN. The molecule has 15 heavy (non-hydrogen) atoms. The van der Waals surface area contributed by atoms with Gasteiger partial charge < -0.3 is 0 Å². The van der Waals surface area contributed by atoms with Gasteiger partial charge in [-0.3, -0.25) is 4.98 Å². The molecule has 0 bridgehead atoms. The van der Waals surface area contributed by atoms with E-state index >= 15 is 0 Å². The fraction of sp³-hybridized carbons (Fsp3) is 0.154. The Labute approximate surface area is 98.3 Å². The summed E-state index contributed by atoms with van der Waals surface area (Å²) in [5, 5.41) is 0. The maximum absolute atomic E-state index is 4.22. The zero-order chi connectivity index (χ0) is 10.7. The van der Waals surface area contributed by atoms with Crippen LogP contribution in [0.25, 0.3) is 11.1 Å². The molecule has 0 amide bonds. The van der Waals surface area contributed by atoms with Gasteiger partial charge in [0.25, 0.3) is 0 Å². The van der Waals surface area contributed by atoms with Gasteiger partial charge in [-0.05, 0) is 33.5 Å². The van der Waals surface area contributed by atoms with E-state index in [1.807, 2.05) is 18.5 Å². The Morgan fingerprint density at radius 2 is 1.87 bits per heavy atom. The number of aromatic nitrogens is 1. The number of hydrogen-bond acceptors (Lipinski definition) is 1. The molecule has 0 saturated carbocycles. The molecule has 0 N–H and O–H groups in total. The van der Waals surface area contributed by atoms with E-state index in [1.54, 1.807) is 0 Å². The second-order valence-corrected chi connectivity index (χ2v) is 4.22. The molecule has 2 aromatic rings. The molecule has 0 atom stereocenters. The van der Waals surface area contributed by atoms with Crippen molar-refractivity contribution in [2.45, 2.75) is 13.3 Å². The summed E-state index contributed by atoms with van der Waals surface area (Å²) in [6, 6.07) is 10.4. The van der Waals surface area contributed by atoms with Crippen LogP contribution in [0.2, 0.25) is 0 Å². The number of nitrogens with zero attached hydrogens (tertiary/aromatic N) is 1. The van der Waals surface area contributed by atoms with Gasteiger partial charge in [-0.25, -0.2) is 0 Å². The van der Waals surface area contributed by atoms with Crippen LogP contribution >= 0.6 is 15.9 Å². The van der Waals surface area contributed by atoms with Gasteiger partial charge >= 0.3 is 0 Å². The Morgan fingerprint density at radius 1 is 1.13 bits per heavy atom. The molecular weight excluding hydrogens is 250 g/mol. The first-order valence-corrected chi connectivity index (χ1v) is 5.80. The third-order valence-electron chi connectivity index (χ3n) is 2.44. The van der Waals surface area contributed by atoms with Gasteiger partial charge in [0.15, 0.2) is 0 Å². The molecule has 0 fully saturated rings. The van der Waals surface area contributed by atoms with E-state index in [2.05, 4.69) is 52.1 Å². The minimum absolute atomic E-state index is 1.01. The number of halogens is 1. The van der Waals surface area contributed by atoms with Crippen LogP contribution in [-0.2, 0) is 6.42 Å². The van der Waals surface area contributed by atoms with Gasteiger partial charge in [-0.2, -0.15) is 0 Å². The molecule has 2 heteroatoms. The van der Waals surface area contributed by atoms with E-state index in [0.29, 0.717) is 0 Å². The highest BCUT2D eigenvalue weighted by atomic mass is 79.9. The highest BCUT2D eigenvalue weighted by Gasteiger charge is 2.06. The van der Waals surface area contributed by atoms with Crippen LogP contribution in [0, 0.1) is 0 Å². The first-order valence-electron chi connectivity index (χ1n) is 5.00. The highest BCUT2D eigenvalue weighted by Crippen LogP contribution is 2.28. The van der Waals surface area contributed by atoms with E-state index < -0.39 is 0 Å². The Bertz CT molecular complexity index is 451. The third-order valence-corrected chi connectivity index (χ3v) is 3.13. The van der Waals surface area contributed by atoms with Crippen molar-refractivity contribution in [2.24, 2.45) is 0 Å². The van der Waals surface area contributed by atoms with Crippen molar-refractivity contribution in [3.8, 4) is 11.1 Å². The zero-order valence-corrected chi connectivity index (χ0v) is 10.2. The number of hydrogen-bond donors (Lipinski definition) is 0. The largest absolute Gasteiger partial charge is 0.263 e. The van der Waals surface area contributed by atoms with Crippen LogP contribution in [0.1, 0.15) is 12.5 Å². The summed E-state index contributed by atoms with van der Waals surface area (Å²) >= 11 is 3.54. The molecule has 2 rings (SSSR count). The van der Waals surface area contributed by atoms with Crippen LogP contribution in [0.15, 0.2) is 47.2 Å². The van der Waals surface area contributed by atoms with Crippen LogP contribution in [-0.4, -0.2) is 4.98 Å². The molecule has 0 aliphatic heterocycles. The van der Waals surface area contributed by atoms with Gasteiger partial charge in [0.1, 0.15) is 0 Å². The van der Waals surface area contributed by atoms with E-state index in [-0.39, 0.29) is 0 Å². The van der Waals surface area contributed by atoms with Gasteiger partial charge in [-0.15, -0.1) is 0 Å². The zero-order valence-electron chi connectivity index (χ0n) is 8.57. The average Bonchev–Trinajstić information content (AvgIpc) is 2.30. The molecule has 0 spiro atoms. The first-order chi connectivity index (χ1) is 7.33. The molecule has 0 saturated heterocycles. The predicted octanol–water partition coefficient (Wildman–Crippen LogP) is 4.07. The third kappa shape index (κ3) is 2.10. The van der Waals surface area contributed by atoms with Gasteiger partial charge in [0.05, 0.1) is 0 Å². The van der Waals surface area contributed by atoms with E-state index in [4.69, 9.17) is 0 Å². The summed E-state index contributed by atoms with van der Waals surface area (Å²) < 4.78 is 1.09. The van der Waals surface area contributed by atoms with Crippen LogP contribution in [0.3, 0.4) is 0 Å². The maximum Gasteiger partial charge on any atom is 0.0413 e. The fourth-order valence-electron chi connectivity index (χ4n) is 1.69. The fourth-order valence-corrected chi connectivity index (χ4v) is 2.30. The molecule has 1 nitrogen and oxygen atoms in total. The second-order valence-electron chi connectivity index (χ2n) is 3.37. The predicted molar refractivity (Wildman–Crippen MR) is 66.8 cm³/mol. The Hall–Kier alpha value is -1.15. The quantitative estimate of drug-likeness (QED) is 0.794. The first kappa shape index (κ1) is 10.4. The van der Waals surface area contributed by atoms with Crippen molar-refractivity contribution in [3.63, 3.8) is 0 Å². The van der Waals surface area contributed by atoms with Crippen LogP contribution < -0.4 is 0 Å². The topological polar surface area (TPSA) is 12.9 Å². The molecule has 0 aliphatic rings. The number of pyridine rings is 1. The Balaban J connectivity index is 2.58. The molecule has 0 aliphatic carbocycles. The lowest BCUT2D eigenvalue weighted by molar-refractivity contribution is 1.11. The van der Waals surface area contributed by atoms with Crippen molar-refractivity contribution < 1.29 is 0 Å². The number of rotatable bonds is 2. The molecule has 0 unspecified atom stereocenters. The number of benzene rings is 1. The SMILES string of the molecule is CCc1c(Br)cncc1-c1ccccc1. The monoisotopic (exact) mass is 261 g/mol. The smallest absolute Gasteiger partial charge is 0.0413 e. The summed E-state index contributed by atoms with van der Waals surface area (Å²) in [4.78, 5) is 4.22. The Morgan fingerprint density at radius 3 is 2.53 bits per heavy atom. The summed E-state index contributed by atoms with van der Waals surface area (Å²) in [5.41, 5.74) is 3.76. The average molecular weight is 262 g/mol. The maximum atomic E-state index is 4.22. The van der Waals surface area contributed by atoms with Crippen LogP contribution in [0.4, 0.5) is 0 Å². The summed E-state index contributed by atoms with van der Waals surface area (Å²) in [7, 11) is 0. The summed E-state index contributed by atoms with van der Waals surface area (Å²) in [5.74, 6) is 0. The van der Waals surface area contributed by atoms with Crippen molar-refractivity contribution >= 4 is 15.9 Å². The summed E-state index contributed by atoms with van der Waals surface area (Å²) in [6.45, 7) is 2.16. The molecule has 0 radical (unpaired) electrons. The molecule has 1 heterocycles. The van der Waals surface area contributed by atoms with E-state index in [0.717, 1.165) is 10.9 Å². The molecule has 1 aromatic heterocycles. The lowest BCUT2D eigenvalue weighted by atomic mass is 10.0. The van der Waals surface area contributed by atoms with Crippen molar-refractivity contribution in [3.05, 3.63) is 52.8 Å². The van der Waals surface area contributed by atoms with Crippen molar-refractivity contribution in [1.29, 1.82) is 0 Å².